The fraction of sp³-hybridized carbons (Fsp3) is 0.227. The molecule has 0 saturated carbocycles. The maximum atomic E-state index is 13.1. The Hall–Kier alpha value is -2.97. The maximum Gasteiger partial charge on any atom is 0.259 e. The smallest absolute Gasteiger partial charge is 0.259 e. The summed E-state index contributed by atoms with van der Waals surface area (Å²) in [4.78, 5) is 41.2. The number of halogens is 1. The van der Waals surface area contributed by atoms with Crippen LogP contribution in [0.25, 0.3) is 5.65 Å². The molecule has 7 nitrogen and oxygen atoms in total. The Morgan fingerprint density at radius 3 is 2.77 bits per heavy atom. The van der Waals surface area contributed by atoms with E-state index in [0.717, 1.165) is 11.3 Å². The predicted octanol–water partition coefficient (Wildman–Crippen LogP) is 3.90. The zero-order chi connectivity index (χ0) is 21.7. The van der Waals surface area contributed by atoms with E-state index < -0.39 is 6.04 Å². The molecule has 2 aliphatic heterocycles. The van der Waals surface area contributed by atoms with Gasteiger partial charge < -0.3 is 0 Å². The third kappa shape index (κ3) is 3.45. The molecule has 0 saturated heterocycles. The standard InChI is InChI=1S/C22H18ClN5O2S/c1-12(2)19-21(30)28-20(26-19)15-5-3-4-6-16(15)25-22(28)31-11-14-9-18(29)27-10-13(23)7-8-17(27)24-14/h3-10,12,19H,11H2,1-2H3/t19-/m1/s1. The lowest BCUT2D eigenvalue weighted by molar-refractivity contribution is -0.125. The summed E-state index contributed by atoms with van der Waals surface area (Å²) in [5, 5.41) is 1.01. The highest BCUT2D eigenvalue weighted by Gasteiger charge is 2.42. The van der Waals surface area contributed by atoms with Crippen LogP contribution in [0.4, 0.5) is 5.69 Å². The Bertz CT molecular complexity index is 1350. The van der Waals surface area contributed by atoms with E-state index in [-0.39, 0.29) is 17.4 Å². The molecule has 9 heteroatoms. The summed E-state index contributed by atoms with van der Waals surface area (Å²) in [5.74, 6) is 1.03. The van der Waals surface area contributed by atoms with Crippen LogP contribution in [0.15, 0.2) is 63.4 Å². The molecule has 2 aliphatic rings. The second-order valence-electron chi connectivity index (χ2n) is 7.68. The van der Waals surface area contributed by atoms with Crippen molar-refractivity contribution in [2.24, 2.45) is 15.9 Å². The molecule has 1 aromatic carbocycles. The van der Waals surface area contributed by atoms with Crippen LogP contribution in [0.3, 0.4) is 0 Å². The Labute approximate surface area is 187 Å². The van der Waals surface area contributed by atoms with Gasteiger partial charge in [-0.2, -0.15) is 0 Å². The number of pyridine rings is 1. The molecule has 5 rings (SSSR count). The molecule has 31 heavy (non-hydrogen) atoms. The number of benzene rings is 1. The van der Waals surface area contributed by atoms with Crippen LogP contribution in [-0.2, 0) is 10.5 Å². The molecule has 0 N–H and O–H groups in total. The molecule has 1 atom stereocenters. The number of hydrogen-bond acceptors (Lipinski definition) is 6. The zero-order valence-corrected chi connectivity index (χ0v) is 18.4. The van der Waals surface area contributed by atoms with Gasteiger partial charge in [-0.3, -0.25) is 19.0 Å². The number of carbonyl (C=O) groups is 1. The summed E-state index contributed by atoms with van der Waals surface area (Å²) in [5.41, 5.74) is 2.53. The monoisotopic (exact) mass is 451 g/mol. The summed E-state index contributed by atoms with van der Waals surface area (Å²) in [6, 6.07) is 12.1. The highest BCUT2D eigenvalue weighted by Crippen LogP contribution is 2.35. The number of thioether (sulfide) groups is 1. The molecule has 2 aromatic heterocycles. The van der Waals surface area contributed by atoms with E-state index in [9.17, 15) is 9.59 Å². The van der Waals surface area contributed by atoms with Gasteiger partial charge in [0.15, 0.2) is 5.17 Å². The first-order chi connectivity index (χ1) is 14.9. The van der Waals surface area contributed by atoms with Gasteiger partial charge in [0.2, 0.25) is 0 Å². The van der Waals surface area contributed by atoms with Gasteiger partial charge in [0.25, 0.3) is 11.5 Å². The largest absolute Gasteiger partial charge is 0.271 e. The number of amides is 1. The molecular weight excluding hydrogens is 434 g/mol. The summed E-state index contributed by atoms with van der Waals surface area (Å²) >= 11 is 7.34. The number of fused-ring (bicyclic) bond motifs is 4. The predicted molar refractivity (Wildman–Crippen MR) is 123 cm³/mol. The van der Waals surface area contributed by atoms with E-state index in [1.807, 2.05) is 38.1 Å². The molecular formula is C22H18ClN5O2S. The van der Waals surface area contributed by atoms with Gasteiger partial charge in [0, 0.05) is 23.6 Å². The Balaban J connectivity index is 1.49. The van der Waals surface area contributed by atoms with Crippen LogP contribution < -0.4 is 5.56 Å². The van der Waals surface area contributed by atoms with Crippen LogP contribution in [0.1, 0.15) is 25.1 Å². The van der Waals surface area contributed by atoms with E-state index >= 15 is 0 Å². The Morgan fingerprint density at radius 2 is 1.97 bits per heavy atom. The number of aliphatic imine (C=N–C) groups is 2. The first-order valence-electron chi connectivity index (χ1n) is 9.83. The van der Waals surface area contributed by atoms with Crippen molar-refractivity contribution in [3.63, 3.8) is 0 Å². The number of rotatable bonds is 3. The molecule has 0 fully saturated rings. The second-order valence-corrected chi connectivity index (χ2v) is 9.06. The Morgan fingerprint density at radius 1 is 1.16 bits per heavy atom. The fourth-order valence-electron chi connectivity index (χ4n) is 3.64. The number of hydrogen-bond donors (Lipinski definition) is 0. The van der Waals surface area contributed by atoms with Crippen LogP contribution in [0.2, 0.25) is 5.02 Å². The molecule has 156 valence electrons. The molecule has 0 radical (unpaired) electrons. The minimum Gasteiger partial charge on any atom is -0.271 e. The summed E-state index contributed by atoms with van der Waals surface area (Å²) in [6.45, 7) is 3.97. The third-order valence-corrected chi connectivity index (χ3v) is 6.35. The van der Waals surface area contributed by atoms with Crippen molar-refractivity contribution < 1.29 is 4.79 Å². The first-order valence-corrected chi connectivity index (χ1v) is 11.2. The van der Waals surface area contributed by atoms with Crippen LogP contribution >= 0.6 is 23.4 Å². The van der Waals surface area contributed by atoms with Gasteiger partial charge >= 0.3 is 0 Å². The van der Waals surface area contributed by atoms with E-state index in [0.29, 0.717) is 33.1 Å². The van der Waals surface area contributed by atoms with Gasteiger partial charge in [-0.15, -0.1) is 0 Å². The zero-order valence-electron chi connectivity index (χ0n) is 16.8. The van der Waals surface area contributed by atoms with E-state index in [1.54, 1.807) is 23.2 Å². The van der Waals surface area contributed by atoms with E-state index in [4.69, 9.17) is 21.6 Å². The highest BCUT2D eigenvalue weighted by atomic mass is 35.5. The number of nitrogens with zero attached hydrogens (tertiary/aromatic N) is 5. The molecule has 1 amide bonds. The Kier molecular flexibility index (Phi) is 4.91. The number of carbonyl (C=O) groups excluding carboxylic acids is 1. The average molecular weight is 452 g/mol. The van der Waals surface area contributed by atoms with Gasteiger partial charge in [0.1, 0.15) is 17.5 Å². The van der Waals surface area contributed by atoms with Crippen molar-refractivity contribution in [3.8, 4) is 0 Å². The average Bonchev–Trinajstić information content (AvgIpc) is 3.11. The van der Waals surface area contributed by atoms with E-state index in [1.165, 1.54) is 22.2 Å². The fourth-order valence-corrected chi connectivity index (χ4v) is 4.69. The van der Waals surface area contributed by atoms with Gasteiger partial charge in [-0.1, -0.05) is 49.3 Å². The van der Waals surface area contributed by atoms with Crippen LogP contribution in [0, 0.1) is 5.92 Å². The maximum absolute atomic E-state index is 13.1. The van der Waals surface area contributed by atoms with Crippen molar-refractivity contribution in [1.29, 1.82) is 0 Å². The van der Waals surface area contributed by atoms with Crippen molar-refractivity contribution in [3.05, 3.63) is 75.3 Å². The lowest BCUT2D eigenvalue weighted by Crippen LogP contribution is -2.42. The van der Waals surface area contributed by atoms with E-state index in [2.05, 4.69) is 4.98 Å². The summed E-state index contributed by atoms with van der Waals surface area (Å²) < 4.78 is 1.41. The molecule has 0 unspecified atom stereocenters. The quantitative estimate of drug-likeness (QED) is 0.605. The van der Waals surface area contributed by atoms with Crippen LogP contribution in [-0.4, -0.2) is 37.2 Å². The SMILES string of the molecule is CC(C)[C@H]1N=C2c3ccccc3N=C(SCc3cc(=O)n4cc(Cl)ccc4n3)N2C1=O. The van der Waals surface area contributed by atoms with Crippen molar-refractivity contribution in [2.75, 3.05) is 0 Å². The first kappa shape index (κ1) is 20.0. The second kappa shape index (κ2) is 7.62. The van der Waals surface area contributed by atoms with Gasteiger partial charge in [-0.25, -0.2) is 14.9 Å². The van der Waals surface area contributed by atoms with Crippen molar-refractivity contribution >= 4 is 51.6 Å². The van der Waals surface area contributed by atoms with Crippen molar-refractivity contribution in [1.82, 2.24) is 14.3 Å². The minimum atomic E-state index is -0.430. The summed E-state index contributed by atoms with van der Waals surface area (Å²) in [6.07, 6.45) is 1.54. The number of para-hydroxylation sites is 1. The molecule has 0 aliphatic carbocycles. The number of aromatic nitrogens is 2. The summed E-state index contributed by atoms with van der Waals surface area (Å²) in [7, 11) is 0. The molecule has 0 spiro atoms. The van der Waals surface area contributed by atoms with Gasteiger partial charge in [0.05, 0.1) is 16.4 Å². The van der Waals surface area contributed by atoms with Crippen molar-refractivity contribution in [2.45, 2.75) is 25.6 Å². The number of amidine groups is 2. The molecule has 4 heterocycles. The topological polar surface area (TPSA) is 79.4 Å². The third-order valence-electron chi connectivity index (χ3n) is 5.16. The molecule has 0 bridgehead atoms. The van der Waals surface area contributed by atoms with Crippen LogP contribution in [0.5, 0.6) is 0 Å². The normalized spacial score (nSPS) is 17.6. The highest BCUT2D eigenvalue weighted by molar-refractivity contribution is 8.13. The minimum absolute atomic E-state index is 0.0769. The lowest BCUT2D eigenvalue weighted by Gasteiger charge is -2.25. The molecule has 3 aromatic rings. The lowest BCUT2D eigenvalue weighted by atomic mass is 10.1. The van der Waals surface area contributed by atoms with Gasteiger partial charge in [-0.05, 0) is 30.2 Å².